The number of halogens is 3. The number of esters is 1. The van der Waals surface area contributed by atoms with Gasteiger partial charge in [-0.15, -0.1) is 0 Å². The molecule has 1 aromatic heterocycles. The SMILES string of the molecule is COc1cccc(C(=O)Oc2ccc3c(=O)c(-c4ccccc4)c(C(F)(F)F)oc3c2)c1. The zero-order valence-corrected chi connectivity index (χ0v) is 16.6. The first kappa shape index (κ1) is 21.2. The van der Waals surface area contributed by atoms with Gasteiger partial charge in [0.1, 0.15) is 17.1 Å². The number of carbonyl (C=O) groups excluding carboxylic acids is 1. The maximum Gasteiger partial charge on any atom is 0.450 e. The predicted octanol–water partition coefficient (Wildman–Crippen LogP) is 5.71. The fourth-order valence-electron chi connectivity index (χ4n) is 3.22. The molecule has 0 spiro atoms. The molecule has 0 radical (unpaired) electrons. The molecule has 8 heteroatoms. The second kappa shape index (κ2) is 8.22. The summed E-state index contributed by atoms with van der Waals surface area (Å²) >= 11 is 0. The lowest BCUT2D eigenvalue weighted by Crippen LogP contribution is -2.16. The summed E-state index contributed by atoms with van der Waals surface area (Å²) in [6.45, 7) is 0. The molecule has 0 aliphatic rings. The fraction of sp³-hybridized carbons (Fsp3) is 0.0833. The van der Waals surface area contributed by atoms with Gasteiger partial charge in [-0.25, -0.2) is 4.79 Å². The molecular weight excluding hydrogens is 425 g/mol. The molecule has 0 saturated heterocycles. The second-order valence-corrected chi connectivity index (χ2v) is 6.78. The topological polar surface area (TPSA) is 65.7 Å². The highest BCUT2D eigenvalue weighted by atomic mass is 19.4. The van der Waals surface area contributed by atoms with Crippen LogP contribution in [0.25, 0.3) is 22.1 Å². The Morgan fingerprint density at radius 2 is 1.66 bits per heavy atom. The molecule has 4 rings (SSSR count). The van der Waals surface area contributed by atoms with Gasteiger partial charge in [-0.3, -0.25) is 4.79 Å². The molecule has 0 bridgehead atoms. The van der Waals surface area contributed by atoms with E-state index in [1.165, 1.54) is 55.6 Å². The van der Waals surface area contributed by atoms with Crippen molar-refractivity contribution < 1.29 is 31.9 Å². The van der Waals surface area contributed by atoms with Gasteiger partial charge < -0.3 is 13.9 Å². The lowest BCUT2D eigenvalue weighted by atomic mass is 10.0. The van der Waals surface area contributed by atoms with Crippen molar-refractivity contribution in [3.8, 4) is 22.6 Å². The van der Waals surface area contributed by atoms with Crippen LogP contribution in [-0.2, 0) is 6.18 Å². The highest BCUT2D eigenvalue weighted by molar-refractivity contribution is 5.92. The molecule has 0 atom stereocenters. The molecule has 0 fully saturated rings. The summed E-state index contributed by atoms with van der Waals surface area (Å²) < 4.78 is 56.6. The number of rotatable bonds is 4. The van der Waals surface area contributed by atoms with Crippen LogP contribution in [-0.4, -0.2) is 13.1 Å². The van der Waals surface area contributed by atoms with Crippen LogP contribution in [0.5, 0.6) is 11.5 Å². The van der Waals surface area contributed by atoms with Gasteiger partial charge in [0.2, 0.25) is 11.2 Å². The van der Waals surface area contributed by atoms with Gasteiger partial charge >= 0.3 is 12.1 Å². The molecule has 32 heavy (non-hydrogen) atoms. The molecular formula is C24H15F3O5. The van der Waals surface area contributed by atoms with E-state index in [2.05, 4.69) is 0 Å². The van der Waals surface area contributed by atoms with Gasteiger partial charge in [0.15, 0.2) is 0 Å². The van der Waals surface area contributed by atoms with Crippen LogP contribution in [0.15, 0.2) is 82.0 Å². The Labute approximate surface area is 179 Å². The average Bonchev–Trinajstić information content (AvgIpc) is 2.78. The van der Waals surface area contributed by atoms with E-state index in [1.54, 1.807) is 18.2 Å². The Hall–Kier alpha value is -4.07. The summed E-state index contributed by atoms with van der Waals surface area (Å²) in [7, 11) is 1.44. The smallest absolute Gasteiger partial charge is 0.450 e. The Balaban J connectivity index is 1.79. The van der Waals surface area contributed by atoms with E-state index in [-0.39, 0.29) is 27.8 Å². The fourth-order valence-corrected chi connectivity index (χ4v) is 3.22. The van der Waals surface area contributed by atoms with Crippen molar-refractivity contribution in [2.45, 2.75) is 6.18 Å². The molecule has 4 aromatic rings. The van der Waals surface area contributed by atoms with Crippen LogP contribution < -0.4 is 14.9 Å². The number of ether oxygens (including phenoxy) is 2. The van der Waals surface area contributed by atoms with Crippen molar-refractivity contribution in [3.05, 3.63) is 94.3 Å². The first-order valence-electron chi connectivity index (χ1n) is 9.37. The molecule has 0 amide bonds. The number of hydrogen-bond acceptors (Lipinski definition) is 5. The Morgan fingerprint density at radius 3 is 2.34 bits per heavy atom. The average molecular weight is 440 g/mol. The molecule has 3 aromatic carbocycles. The van der Waals surface area contributed by atoms with Crippen molar-refractivity contribution in [1.82, 2.24) is 0 Å². The van der Waals surface area contributed by atoms with E-state index in [4.69, 9.17) is 13.9 Å². The summed E-state index contributed by atoms with van der Waals surface area (Å²) in [5.41, 5.74) is -1.49. The van der Waals surface area contributed by atoms with Gasteiger partial charge in [0.05, 0.1) is 23.6 Å². The van der Waals surface area contributed by atoms with Crippen molar-refractivity contribution in [2.75, 3.05) is 7.11 Å². The highest BCUT2D eigenvalue weighted by Crippen LogP contribution is 2.37. The second-order valence-electron chi connectivity index (χ2n) is 6.78. The summed E-state index contributed by atoms with van der Waals surface area (Å²) in [4.78, 5) is 25.3. The lowest BCUT2D eigenvalue weighted by molar-refractivity contribution is -0.152. The third-order valence-electron chi connectivity index (χ3n) is 4.70. The number of fused-ring (bicyclic) bond motifs is 1. The molecule has 0 aliphatic heterocycles. The van der Waals surface area contributed by atoms with Crippen molar-refractivity contribution in [2.24, 2.45) is 0 Å². The first-order valence-corrected chi connectivity index (χ1v) is 9.37. The quantitative estimate of drug-likeness (QED) is 0.301. The van der Waals surface area contributed by atoms with E-state index in [0.717, 1.165) is 6.07 Å². The Kier molecular flexibility index (Phi) is 5.44. The minimum absolute atomic E-state index is 0.0713. The number of carbonyl (C=O) groups is 1. The Bertz CT molecular complexity index is 1360. The van der Waals surface area contributed by atoms with Gasteiger partial charge in [-0.05, 0) is 35.9 Å². The van der Waals surface area contributed by atoms with Gasteiger partial charge in [-0.2, -0.15) is 13.2 Å². The molecule has 1 heterocycles. The largest absolute Gasteiger partial charge is 0.497 e. The zero-order chi connectivity index (χ0) is 22.9. The zero-order valence-electron chi connectivity index (χ0n) is 16.6. The van der Waals surface area contributed by atoms with Gasteiger partial charge in [0.25, 0.3) is 0 Å². The number of alkyl halides is 3. The lowest BCUT2D eigenvalue weighted by Gasteiger charge is -2.13. The van der Waals surface area contributed by atoms with Crippen LogP contribution in [0.2, 0.25) is 0 Å². The van der Waals surface area contributed by atoms with Crippen LogP contribution in [0.4, 0.5) is 13.2 Å². The maximum absolute atomic E-state index is 13.7. The van der Waals surface area contributed by atoms with Gasteiger partial charge in [0, 0.05) is 6.07 Å². The van der Waals surface area contributed by atoms with E-state index >= 15 is 0 Å². The summed E-state index contributed by atoms with van der Waals surface area (Å²) in [5, 5.41) is -0.0713. The standard InChI is InChI=1S/C24H15F3O5/c1-30-16-9-5-8-15(12-16)23(29)31-17-10-11-18-19(13-17)32-22(24(25,26)27)20(21(18)28)14-6-3-2-4-7-14/h2-13H,1H3. The molecule has 5 nitrogen and oxygen atoms in total. The molecule has 0 unspecified atom stereocenters. The number of hydrogen-bond donors (Lipinski definition) is 0. The first-order chi connectivity index (χ1) is 15.3. The minimum atomic E-state index is -4.91. The molecule has 0 N–H and O–H groups in total. The summed E-state index contributed by atoms with van der Waals surface area (Å²) in [5.74, 6) is -1.80. The van der Waals surface area contributed by atoms with Crippen LogP contribution in [0, 0.1) is 0 Å². The van der Waals surface area contributed by atoms with Crippen molar-refractivity contribution >= 4 is 16.9 Å². The van der Waals surface area contributed by atoms with Crippen LogP contribution in [0.1, 0.15) is 16.1 Å². The summed E-state index contributed by atoms with van der Waals surface area (Å²) in [6.07, 6.45) is -4.91. The molecule has 0 aliphatic carbocycles. The monoisotopic (exact) mass is 440 g/mol. The summed E-state index contributed by atoms with van der Waals surface area (Å²) in [6, 6.07) is 17.3. The van der Waals surface area contributed by atoms with Crippen molar-refractivity contribution in [1.29, 1.82) is 0 Å². The molecule has 0 saturated carbocycles. The third kappa shape index (κ3) is 4.07. The maximum atomic E-state index is 13.7. The Morgan fingerprint density at radius 1 is 0.906 bits per heavy atom. The highest BCUT2D eigenvalue weighted by Gasteiger charge is 2.39. The normalized spacial score (nSPS) is 11.4. The third-order valence-corrected chi connectivity index (χ3v) is 4.70. The molecule has 162 valence electrons. The van der Waals surface area contributed by atoms with E-state index in [0.29, 0.717) is 5.75 Å². The number of methoxy groups -OCH3 is 1. The number of benzene rings is 3. The van der Waals surface area contributed by atoms with E-state index in [1.807, 2.05) is 0 Å². The van der Waals surface area contributed by atoms with E-state index < -0.39 is 28.9 Å². The van der Waals surface area contributed by atoms with Gasteiger partial charge in [-0.1, -0.05) is 36.4 Å². The van der Waals surface area contributed by atoms with Crippen LogP contribution >= 0.6 is 0 Å². The van der Waals surface area contributed by atoms with Crippen LogP contribution in [0.3, 0.4) is 0 Å². The van der Waals surface area contributed by atoms with E-state index in [9.17, 15) is 22.8 Å². The predicted molar refractivity (Wildman–Crippen MR) is 111 cm³/mol. The van der Waals surface area contributed by atoms with Crippen molar-refractivity contribution in [3.63, 3.8) is 0 Å². The minimum Gasteiger partial charge on any atom is -0.497 e.